The van der Waals surface area contributed by atoms with Crippen LogP contribution in [0.1, 0.15) is 64.7 Å². The van der Waals surface area contributed by atoms with E-state index < -0.39 is 0 Å². The third-order valence-corrected chi connectivity index (χ3v) is 6.01. The molecular formula is C17H30N2O2. The van der Waals surface area contributed by atoms with Gasteiger partial charge in [0.15, 0.2) is 0 Å². The van der Waals surface area contributed by atoms with Crippen molar-refractivity contribution in [2.75, 3.05) is 6.54 Å². The van der Waals surface area contributed by atoms with E-state index >= 15 is 0 Å². The van der Waals surface area contributed by atoms with Crippen molar-refractivity contribution in [3.63, 3.8) is 0 Å². The van der Waals surface area contributed by atoms with Gasteiger partial charge in [0.25, 0.3) is 0 Å². The Kier molecular flexibility index (Phi) is 4.55. The number of piperidine rings is 1. The molecule has 4 atom stereocenters. The number of fused-ring (bicyclic) bond motifs is 2. The Bertz CT molecular complexity index is 375. The predicted octanol–water partition coefficient (Wildman–Crippen LogP) is 1.96. The van der Waals surface area contributed by atoms with Crippen LogP contribution in [-0.4, -0.2) is 35.7 Å². The van der Waals surface area contributed by atoms with E-state index in [9.17, 15) is 9.90 Å². The van der Waals surface area contributed by atoms with Crippen molar-refractivity contribution >= 4 is 5.91 Å². The molecule has 3 fully saturated rings. The van der Waals surface area contributed by atoms with Crippen LogP contribution in [0.4, 0.5) is 0 Å². The van der Waals surface area contributed by atoms with Crippen LogP contribution in [0.25, 0.3) is 0 Å². The Hall–Kier alpha value is -0.610. The van der Waals surface area contributed by atoms with Crippen LogP contribution in [0.15, 0.2) is 0 Å². The number of rotatable bonds is 4. The van der Waals surface area contributed by atoms with E-state index in [-0.39, 0.29) is 17.4 Å². The first-order chi connectivity index (χ1) is 10.0. The fourth-order valence-corrected chi connectivity index (χ4v) is 4.56. The molecule has 0 radical (unpaired) electrons. The van der Waals surface area contributed by atoms with E-state index in [0.717, 1.165) is 32.1 Å². The standard InChI is InChI=1S/C17H30N2O2/c1-17(7-3-2-4-15(17)20)11-18-16(21)10-12-8-13-5-6-14(9-12)19-13/h12-15,19-20H,2-11H2,1H3,(H,18,21). The van der Waals surface area contributed by atoms with Crippen molar-refractivity contribution in [3.05, 3.63) is 0 Å². The maximum absolute atomic E-state index is 12.2. The van der Waals surface area contributed by atoms with Gasteiger partial charge in [0, 0.05) is 30.5 Å². The van der Waals surface area contributed by atoms with Gasteiger partial charge in [-0.3, -0.25) is 4.79 Å². The van der Waals surface area contributed by atoms with Gasteiger partial charge in [0.05, 0.1) is 6.10 Å². The number of aliphatic hydroxyl groups is 1. The number of carbonyl (C=O) groups is 1. The average Bonchev–Trinajstić information content (AvgIpc) is 2.79. The Morgan fingerprint density at radius 3 is 2.62 bits per heavy atom. The van der Waals surface area contributed by atoms with Crippen molar-refractivity contribution in [1.82, 2.24) is 10.6 Å². The highest BCUT2D eigenvalue weighted by Crippen LogP contribution is 2.36. The van der Waals surface area contributed by atoms with E-state index in [2.05, 4.69) is 17.6 Å². The summed E-state index contributed by atoms with van der Waals surface area (Å²) in [6, 6.07) is 1.30. The summed E-state index contributed by atoms with van der Waals surface area (Å²) >= 11 is 0. The second-order valence-electron chi connectivity index (χ2n) is 7.87. The first kappa shape index (κ1) is 15.3. The minimum atomic E-state index is -0.263. The Morgan fingerprint density at radius 1 is 1.24 bits per heavy atom. The molecule has 0 aromatic rings. The Balaban J connectivity index is 1.44. The second-order valence-corrected chi connectivity index (χ2v) is 7.87. The largest absolute Gasteiger partial charge is 0.392 e. The molecule has 2 aliphatic heterocycles. The summed E-state index contributed by atoms with van der Waals surface area (Å²) in [5.41, 5.74) is -0.124. The van der Waals surface area contributed by atoms with Gasteiger partial charge in [-0.25, -0.2) is 0 Å². The molecule has 0 aromatic carbocycles. The SMILES string of the molecule is CC1(CNC(=O)CC2CC3CCC(C2)N3)CCCCC1O. The molecule has 4 unspecified atom stereocenters. The van der Waals surface area contributed by atoms with Crippen molar-refractivity contribution < 1.29 is 9.90 Å². The average molecular weight is 294 g/mol. The lowest BCUT2D eigenvalue weighted by Gasteiger charge is -2.38. The summed E-state index contributed by atoms with van der Waals surface area (Å²) in [5.74, 6) is 0.730. The number of amides is 1. The highest BCUT2D eigenvalue weighted by molar-refractivity contribution is 5.76. The Morgan fingerprint density at radius 2 is 1.95 bits per heavy atom. The van der Waals surface area contributed by atoms with Gasteiger partial charge in [-0.15, -0.1) is 0 Å². The number of carbonyl (C=O) groups excluding carboxylic acids is 1. The van der Waals surface area contributed by atoms with Crippen molar-refractivity contribution in [2.45, 2.75) is 82.9 Å². The molecule has 3 N–H and O–H groups in total. The van der Waals surface area contributed by atoms with Crippen molar-refractivity contribution in [1.29, 1.82) is 0 Å². The first-order valence-electron chi connectivity index (χ1n) is 8.76. The first-order valence-corrected chi connectivity index (χ1v) is 8.76. The number of hydrogen-bond acceptors (Lipinski definition) is 3. The third kappa shape index (κ3) is 3.59. The van der Waals surface area contributed by atoms with Gasteiger partial charge in [0.1, 0.15) is 0 Å². The monoisotopic (exact) mass is 294 g/mol. The maximum atomic E-state index is 12.2. The molecule has 4 nitrogen and oxygen atoms in total. The van der Waals surface area contributed by atoms with Crippen molar-refractivity contribution in [2.24, 2.45) is 11.3 Å². The predicted molar refractivity (Wildman–Crippen MR) is 82.9 cm³/mol. The highest BCUT2D eigenvalue weighted by Gasteiger charge is 2.37. The van der Waals surface area contributed by atoms with Gasteiger partial charge in [0.2, 0.25) is 5.91 Å². The molecule has 21 heavy (non-hydrogen) atoms. The van der Waals surface area contributed by atoms with Crippen LogP contribution in [0.2, 0.25) is 0 Å². The molecule has 1 aliphatic carbocycles. The van der Waals surface area contributed by atoms with E-state index in [4.69, 9.17) is 0 Å². The summed E-state index contributed by atoms with van der Waals surface area (Å²) in [4.78, 5) is 12.2. The zero-order valence-electron chi connectivity index (χ0n) is 13.2. The number of aliphatic hydroxyl groups excluding tert-OH is 1. The molecule has 2 bridgehead atoms. The van der Waals surface area contributed by atoms with E-state index in [1.807, 2.05) is 0 Å². The Labute approximate surface area is 128 Å². The summed E-state index contributed by atoms with van der Waals surface area (Å²) in [7, 11) is 0. The van der Waals surface area contributed by atoms with Crippen LogP contribution in [0.3, 0.4) is 0 Å². The molecule has 1 saturated carbocycles. The molecule has 2 heterocycles. The lowest BCUT2D eigenvalue weighted by atomic mass is 9.73. The summed E-state index contributed by atoms with van der Waals surface area (Å²) in [6.07, 6.45) is 9.47. The van der Waals surface area contributed by atoms with E-state index in [1.54, 1.807) is 0 Å². The zero-order valence-corrected chi connectivity index (χ0v) is 13.2. The van der Waals surface area contributed by atoms with Crippen LogP contribution in [-0.2, 0) is 4.79 Å². The lowest BCUT2D eigenvalue weighted by molar-refractivity contribution is -0.123. The van der Waals surface area contributed by atoms with Crippen LogP contribution in [0, 0.1) is 11.3 Å². The zero-order chi connectivity index (χ0) is 14.9. The molecular weight excluding hydrogens is 264 g/mol. The lowest BCUT2D eigenvalue weighted by Crippen LogP contribution is -2.46. The highest BCUT2D eigenvalue weighted by atomic mass is 16.3. The summed E-state index contributed by atoms with van der Waals surface area (Å²) in [5, 5.41) is 16.9. The van der Waals surface area contributed by atoms with Crippen molar-refractivity contribution in [3.8, 4) is 0 Å². The van der Waals surface area contributed by atoms with Gasteiger partial charge in [-0.05, 0) is 44.4 Å². The molecule has 120 valence electrons. The molecule has 1 amide bonds. The molecule has 3 rings (SSSR count). The number of hydrogen-bond donors (Lipinski definition) is 3. The minimum absolute atomic E-state index is 0.124. The van der Waals surface area contributed by atoms with Gasteiger partial charge >= 0.3 is 0 Å². The smallest absolute Gasteiger partial charge is 0.220 e. The molecule has 0 aromatic heterocycles. The number of nitrogens with one attached hydrogen (secondary N) is 2. The quantitative estimate of drug-likeness (QED) is 0.743. The molecule has 2 saturated heterocycles. The van der Waals surface area contributed by atoms with Crippen LogP contribution >= 0.6 is 0 Å². The molecule has 3 aliphatic rings. The maximum Gasteiger partial charge on any atom is 0.220 e. The van der Waals surface area contributed by atoms with Gasteiger partial charge < -0.3 is 15.7 Å². The van der Waals surface area contributed by atoms with Gasteiger partial charge in [-0.1, -0.05) is 19.8 Å². The molecule has 0 spiro atoms. The van der Waals surface area contributed by atoms with Crippen LogP contribution < -0.4 is 10.6 Å². The summed E-state index contributed by atoms with van der Waals surface area (Å²) in [6.45, 7) is 2.74. The van der Waals surface area contributed by atoms with E-state index in [0.29, 0.717) is 31.0 Å². The summed E-state index contributed by atoms with van der Waals surface area (Å²) < 4.78 is 0. The fourth-order valence-electron chi connectivity index (χ4n) is 4.56. The minimum Gasteiger partial charge on any atom is -0.392 e. The van der Waals surface area contributed by atoms with E-state index in [1.165, 1.54) is 19.3 Å². The topological polar surface area (TPSA) is 61.4 Å². The normalized spacial score (nSPS) is 42.8. The molecule has 4 heteroatoms. The van der Waals surface area contributed by atoms with Gasteiger partial charge in [-0.2, -0.15) is 0 Å². The van der Waals surface area contributed by atoms with Crippen LogP contribution in [0.5, 0.6) is 0 Å². The fraction of sp³-hybridized carbons (Fsp3) is 0.941. The second kappa shape index (κ2) is 6.25. The third-order valence-electron chi connectivity index (χ3n) is 6.01.